The van der Waals surface area contributed by atoms with E-state index in [1.807, 2.05) is 30.6 Å². The molecule has 0 radical (unpaired) electrons. The third kappa shape index (κ3) is 2.73. The predicted octanol–water partition coefficient (Wildman–Crippen LogP) is 2.00. The maximum atomic E-state index is 11.2. The van der Waals surface area contributed by atoms with Crippen LogP contribution in [0.5, 0.6) is 0 Å². The smallest absolute Gasteiger partial charge is 0.352 e. The van der Waals surface area contributed by atoms with Crippen LogP contribution in [0.15, 0.2) is 18.2 Å². The summed E-state index contributed by atoms with van der Waals surface area (Å²) in [7, 11) is 0. The summed E-state index contributed by atoms with van der Waals surface area (Å²) in [6.45, 7) is 12.7. The summed E-state index contributed by atoms with van der Waals surface area (Å²) in [4.78, 5) is 11.2. The minimum atomic E-state index is -0.894. The van der Waals surface area contributed by atoms with Crippen LogP contribution >= 0.6 is 0 Å². The van der Waals surface area contributed by atoms with E-state index in [1.165, 1.54) is 0 Å². The molecule has 0 fully saturated rings. The molecule has 0 spiro atoms. The van der Waals surface area contributed by atoms with Gasteiger partial charge in [-0.1, -0.05) is 32.1 Å². The number of hydrogen-bond acceptors (Lipinski definition) is 1. The number of carboxylic acid groups (broad SMARTS) is 1. The van der Waals surface area contributed by atoms with Gasteiger partial charge in [-0.2, -0.15) is 0 Å². The summed E-state index contributed by atoms with van der Waals surface area (Å²) in [6, 6.07) is 1.72. The highest BCUT2D eigenvalue weighted by Gasteiger charge is 2.11. The van der Waals surface area contributed by atoms with Gasteiger partial charge >= 0.3 is 5.97 Å². The van der Waals surface area contributed by atoms with Gasteiger partial charge < -0.3 is 9.67 Å². The largest absolute Gasteiger partial charge is 0.477 e. The Morgan fingerprint density at radius 3 is 2.56 bits per heavy atom. The van der Waals surface area contributed by atoms with E-state index in [2.05, 4.69) is 20.4 Å². The highest BCUT2D eigenvalue weighted by molar-refractivity contribution is 5.86. The Morgan fingerprint density at radius 1 is 1.56 bits per heavy atom. The summed E-state index contributed by atoms with van der Waals surface area (Å²) >= 11 is 0. The first-order valence-electron chi connectivity index (χ1n) is 6.22. The van der Waals surface area contributed by atoms with Crippen LogP contribution in [-0.2, 0) is 6.54 Å². The number of carboxylic acids is 1. The lowest BCUT2D eigenvalue weighted by Crippen LogP contribution is -2.29. The number of nitrogens with zero attached hydrogens (tertiary/aromatic N) is 1. The summed E-state index contributed by atoms with van der Waals surface area (Å²) in [5.74, 6) is -0.539. The summed E-state index contributed by atoms with van der Waals surface area (Å²) in [5, 5.41) is 11.1. The van der Waals surface area contributed by atoms with Crippen LogP contribution in [0.3, 0.4) is 0 Å². The Labute approximate surface area is 108 Å². The number of rotatable bonds is 4. The highest BCUT2D eigenvalue weighted by atomic mass is 16.4. The average Bonchev–Trinajstić information content (AvgIpc) is 2.66. The van der Waals surface area contributed by atoms with Gasteiger partial charge in [0.1, 0.15) is 5.69 Å². The van der Waals surface area contributed by atoms with E-state index in [0.717, 1.165) is 16.1 Å². The molecule has 1 aromatic rings. The third-order valence-electron chi connectivity index (χ3n) is 3.06. The molecule has 18 heavy (non-hydrogen) atoms. The SMILES string of the molecule is C=C(/C=c1/cc(C(=O)O)n(CC)/c1=C/C)C(C)C. The zero-order chi connectivity index (χ0) is 13.9. The van der Waals surface area contributed by atoms with E-state index in [9.17, 15) is 9.90 Å². The Hall–Kier alpha value is -1.77. The molecule has 1 aromatic heterocycles. The van der Waals surface area contributed by atoms with Crippen molar-refractivity contribution in [2.75, 3.05) is 0 Å². The normalized spacial score (nSPS) is 13.4. The van der Waals surface area contributed by atoms with Crippen molar-refractivity contribution < 1.29 is 9.90 Å². The Kier molecular flexibility index (Phi) is 4.54. The summed E-state index contributed by atoms with van der Waals surface area (Å²) in [6.07, 6.45) is 3.91. The van der Waals surface area contributed by atoms with Gasteiger partial charge in [0.15, 0.2) is 0 Å². The molecule has 1 heterocycles. The molecule has 0 bridgehead atoms. The van der Waals surface area contributed by atoms with Crippen LogP contribution in [0.1, 0.15) is 38.2 Å². The fourth-order valence-corrected chi connectivity index (χ4v) is 1.91. The van der Waals surface area contributed by atoms with Crippen molar-refractivity contribution in [3.05, 3.63) is 34.5 Å². The second kappa shape index (κ2) is 5.71. The van der Waals surface area contributed by atoms with Gasteiger partial charge in [-0.05, 0) is 31.9 Å². The lowest BCUT2D eigenvalue weighted by molar-refractivity contribution is 0.0685. The Bertz CT molecular complexity index is 576. The fraction of sp³-hybridized carbons (Fsp3) is 0.400. The standard InChI is InChI=1S/C15H21NO2/c1-6-13-12(8-11(5)10(3)4)9-14(15(17)18)16(13)7-2/h6,8-10H,5,7H2,1-4H3,(H,17,18)/b12-8-,13-6+. The van der Waals surface area contributed by atoms with Gasteiger partial charge in [0.2, 0.25) is 0 Å². The zero-order valence-corrected chi connectivity index (χ0v) is 11.5. The van der Waals surface area contributed by atoms with E-state index >= 15 is 0 Å². The Balaban J connectivity index is 3.57. The van der Waals surface area contributed by atoms with Crippen molar-refractivity contribution in [1.82, 2.24) is 4.57 Å². The van der Waals surface area contributed by atoms with E-state index in [-0.39, 0.29) is 0 Å². The molecule has 0 unspecified atom stereocenters. The lowest BCUT2D eigenvalue weighted by Gasteiger charge is -2.03. The molecule has 0 aliphatic carbocycles. The van der Waals surface area contributed by atoms with Gasteiger partial charge in [0.05, 0.1) is 0 Å². The monoisotopic (exact) mass is 247 g/mol. The third-order valence-corrected chi connectivity index (χ3v) is 3.06. The molecule has 0 saturated carbocycles. The molecule has 0 amide bonds. The number of aromatic nitrogens is 1. The number of hydrogen-bond donors (Lipinski definition) is 1. The van der Waals surface area contributed by atoms with E-state index in [0.29, 0.717) is 18.2 Å². The molecular weight excluding hydrogens is 226 g/mol. The van der Waals surface area contributed by atoms with Crippen molar-refractivity contribution in [3.8, 4) is 0 Å². The molecule has 1 N–H and O–H groups in total. The molecule has 0 aliphatic rings. The van der Waals surface area contributed by atoms with E-state index in [4.69, 9.17) is 0 Å². The second-order valence-corrected chi connectivity index (χ2v) is 4.58. The molecular formula is C15H21NO2. The number of allylic oxidation sites excluding steroid dienone is 1. The molecule has 0 aromatic carbocycles. The quantitative estimate of drug-likeness (QED) is 0.884. The highest BCUT2D eigenvalue weighted by Crippen LogP contribution is 2.07. The number of aromatic carboxylic acids is 1. The van der Waals surface area contributed by atoms with Gasteiger partial charge in [0.25, 0.3) is 0 Å². The molecule has 3 heteroatoms. The molecule has 0 aliphatic heterocycles. The summed E-state index contributed by atoms with van der Waals surface area (Å²) in [5.41, 5.74) is 1.33. The van der Waals surface area contributed by atoms with Gasteiger partial charge in [-0.25, -0.2) is 4.79 Å². The first-order chi connectivity index (χ1) is 8.42. The predicted molar refractivity (Wildman–Crippen MR) is 74.9 cm³/mol. The van der Waals surface area contributed by atoms with Crippen LogP contribution in [0, 0.1) is 5.92 Å². The van der Waals surface area contributed by atoms with Crippen molar-refractivity contribution in [2.45, 2.75) is 34.2 Å². The molecule has 1 rings (SSSR count). The van der Waals surface area contributed by atoms with Gasteiger partial charge in [-0.15, -0.1) is 0 Å². The van der Waals surface area contributed by atoms with Crippen molar-refractivity contribution in [3.63, 3.8) is 0 Å². The topological polar surface area (TPSA) is 42.2 Å². The maximum absolute atomic E-state index is 11.2. The lowest BCUT2D eigenvalue weighted by atomic mass is 10.0. The number of carbonyl (C=O) groups is 1. The minimum absolute atomic E-state index is 0.327. The zero-order valence-electron chi connectivity index (χ0n) is 11.5. The van der Waals surface area contributed by atoms with Crippen molar-refractivity contribution in [2.24, 2.45) is 5.92 Å². The minimum Gasteiger partial charge on any atom is -0.477 e. The molecule has 98 valence electrons. The second-order valence-electron chi connectivity index (χ2n) is 4.58. The van der Waals surface area contributed by atoms with Crippen LogP contribution in [0.2, 0.25) is 0 Å². The van der Waals surface area contributed by atoms with Crippen LogP contribution in [0.4, 0.5) is 0 Å². The maximum Gasteiger partial charge on any atom is 0.352 e. The van der Waals surface area contributed by atoms with Gasteiger partial charge in [-0.3, -0.25) is 0 Å². The van der Waals surface area contributed by atoms with Crippen LogP contribution < -0.4 is 10.6 Å². The first-order valence-corrected chi connectivity index (χ1v) is 6.22. The van der Waals surface area contributed by atoms with Crippen molar-refractivity contribution >= 4 is 18.1 Å². The average molecular weight is 247 g/mol. The Morgan fingerprint density at radius 2 is 2.17 bits per heavy atom. The first kappa shape index (κ1) is 14.3. The molecule has 0 saturated heterocycles. The van der Waals surface area contributed by atoms with Crippen molar-refractivity contribution in [1.29, 1.82) is 0 Å². The van der Waals surface area contributed by atoms with Gasteiger partial charge in [0, 0.05) is 17.1 Å². The molecule has 0 atom stereocenters. The fourth-order valence-electron chi connectivity index (χ4n) is 1.91. The summed E-state index contributed by atoms with van der Waals surface area (Å²) < 4.78 is 1.81. The molecule has 3 nitrogen and oxygen atoms in total. The van der Waals surface area contributed by atoms with E-state index in [1.54, 1.807) is 6.07 Å². The van der Waals surface area contributed by atoms with Crippen LogP contribution in [0.25, 0.3) is 12.2 Å². The van der Waals surface area contributed by atoms with Crippen LogP contribution in [-0.4, -0.2) is 15.6 Å². The van der Waals surface area contributed by atoms with E-state index < -0.39 is 5.97 Å².